The smallest absolute Gasteiger partial charge is 0.273 e. The van der Waals surface area contributed by atoms with Crippen molar-refractivity contribution in [1.29, 1.82) is 0 Å². The lowest BCUT2D eigenvalue weighted by Crippen LogP contribution is -2.16. The first-order valence-electron chi connectivity index (χ1n) is 4.76. The lowest BCUT2D eigenvalue weighted by atomic mass is 9.97. The molecule has 0 fully saturated rings. The van der Waals surface area contributed by atoms with E-state index in [2.05, 4.69) is 0 Å². The van der Waals surface area contributed by atoms with Gasteiger partial charge in [-0.3, -0.25) is 14.9 Å². The van der Waals surface area contributed by atoms with Crippen molar-refractivity contribution in [3.63, 3.8) is 0 Å². The van der Waals surface area contributed by atoms with E-state index < -0.39 is 10.8 Å². The van der Waals surface area contributed by atoms with Gasteiger partial charge in [-0.1, -0.05) is 6.92 Å². The number of primary amides is 1. The second-order valence-electron chi connectivity index (χ2n) is 3.44. The van der Waals surface area contributed by atoms with Crippen molar-refractivity contribution in [2.24, 2.45) is 5.73 Å². The Kier molecular flexibility index (Phi) is 3.12. The Morgan fingerprint density at radius 3 is 2.50 bits per heavy atom. The maximum Gasteiger partial charge on any atom is 0.273 e. The minimum absolute atomic E-state index is 0.00847. The molecular formula is C10H13N3O3. The molecule has 0 spiro atoms. The van der Waals surface area contributed by atoms with E-state index in [-0.39, 0.29) is 16.9 Å². The Labute approximate surface area is 92.4 Å². The Hall–Kier alpha value is -2.11. The zero-order chi connectivity index (χ0) is 12.5. The van der Waals surface area contributed by atoms with Gasteiger partial charge >= 0.3 is 0 Å². The monoisotopic (exact) mass is 223 g/mol. The highest BCUT2D eigenvalue weighted by Gasteiger charge is 2.21. The number of hydrogen-bond acceptors (Lipinski definition) is 4. The predicted molar refractivity (Wildman–Crippen MR) is 60.1 cm³/mol. The molecule has 4 N–H and O–H groups in total. The van der Waals surface area contributed by atoms with Crippen LogP contribution in [-0.4, -0.2) is 10.8 Å². The third-order valence-corrected chi connectivity index (χ3v) is 2.55. The molecule has 0 aliphatic rings. The summed E-state index contributed by atoms with van der Waals surface area (Å²) in [5, 5.41) is 10.8. The van der Waals surface area contributed by atoms with Crippen LogP contribution in [-0.2, 0) is 6.42 Å². The summed E-state index contributed by atoms with van der Waals surface area (Å²) in [4.78, 5) is 21.3. The van der Waals surface area contributed by atoms with E-state index >= 15 is 0 Å². The van der Waals surface area contributed by atoms with Crippen LogP contribution >= 0.6 is 0 Å². The van der Waals surface area contributed by atoms with E-state index in [0.717, 1.165) is 6.07 Å². The van der Waals surface area contributed by atoms with Crippen molar-refractivity contribution in [1.82, 2.24) is 0 Å². The SMILES string of the molecule is CCc1c(C)c([N+](=O)[O-])cc(C(N)=O)c1N. The van der Waals surface area contributed by atoms with Gasteiger partial charge < -0.3 is 11.5 Å². The Morgan fingerprint density at radius 2 is 2.12 bits per heavy atom. The first-order chi connectivity index (χ1) is 7.40. The molecule has 1 amide bonds. The fraction of sp³-hybridized carbons (Fsp3) is 0.300. The van der Waals surface area contributed by atoms with Crippen LogP contribution in [0.1, 0.15) is 28.4 Å². The summed E-state index contributed by atoms with van der Waals surface area (Å²) >= 11 is 0. The van der Waals surface area contributed by atoms with Crippen LogP contribution in [0.25, 0.3) is 0 Å². The van der Waals surface area contributed by atoms with Crippen LogP contribution in [0.3, 0.4) is 0 Å². The molecule has 0 aliphatic heterocycles. The van der Waals surface area contributed by atoms with E-state index in [4.69, 9.17) is 11.5 Å². The Balaban J connectivity index is 3.62. The van der Waals surface area contributed by atoms with Crippen LogP contribution in [0.5, 0.6) is 0 Å². The minimum Gasteiger partial charge on any atom is -0.398 e. The third kappa shape index (κ3) is 1.81. The average Bonchev–Trinajstić information content (AvgIpc) is 2.17. The standard InChI is InChI=1S/C10H13N3O3/c1-3-6-5(2)8(13(15)16)4-7(9(6)11)10(12)14/h4H,3,11H2,1-2H3,(H2,12,14). The highest BCUT2D eigenvalue weighted by atomic mass is 16.6. The second kappa shape index (κ2) is 4.18. The van der Waals surface area contributed by atoms with Crippen LogP contribution in [0.4, 0.5) is 11.4 Å². The molecule has 0 radical (unpaired) electrons. The first kappa shape index (κ1) is 12.0. The number of amides is 1. The number of nitro groups is 1. The molecular weight excluding hydrogens is 210 g/mol. The number of nitro benzene ring substituents is 1. The van der Waals surface area contributed by atoms with Gasteiger partial charge in [-0.05, 0) is 18.9 Å². The van der Waals surface area contributed by atoms with Gasteiger partial charge in [0.05, 0.1) is 10.5 Å². The predicted octanol–water partition coefficient (Wildman–Crippen LogP) is 1.15. The molecule has 6 nitrogen and oxygen atoms in total. The van der Waals surface area contributed by atoms with Crippen molar-refractivity contribution in [3.05, 3.63) is 32.9 Å². The van der Waals surface area contributed by atoms with Gasteiger partial charge in [0.25, 0.3) is 11.6 Å². The van der Waals surface area contributed by atoms with E-state index in [9.17, 15) is 14.9 Å². The summed E-state index contributed by atoms with van der Waals surface area (Å²) in [6.07, 6.45) is 0.514. The molecule has 1 aromatic rings. The fourth-order valence-electron chi connectivity index (χ4n) is 1.69. The molecule has 0 saturated heterocycles. The lowest BCUT2D eigenvalue weighted by molar-refractivity contribution is -0.385. The quantitative estimate of drug-likeness (QED) is 0.454. The molecule has 0 bridgehead atoms. The van der Waals surface area contributed by atoms with Gasteiger partial charge in [-0.15, -0.1) is 0 Å². The number of benzene rings is 1. The number of hydrogen-bond donors (Lipinski definition) is 2. The highest BCUT2D eigenvalue weighted by molar-refractivity contribution is 5.99. The van der Waals surface area contributed by atoms with Crippen molar-refractivity contribution >= 4 is 17.3 Å². The summed E-state index contributed by atoms with van der Waals surface area (Å²) in [5.41, 5.74) is 12.1. The molecule has 0 aromatic heterocycles. The molecule has 16 heavy (non-hydrogen) atoms. The molecule has 6 heteroatoms. The molecule has 1 rings (SSSR count). The summed E-state index contributed by atoms with van der Waals surface area (Å²) in [5.74, 6) is -0.754. The Morgan fingerprint density at radius 1 is 1.56 bits per heavy atom. The summed E-state index contributed by atoms with van der Waals surface area (Å²) in [7, 11) is 0. The molecule has 0 unspecified atom stereocenters. The highest BCUT2D eigenvalue weighted by Crippen LogP contribution is 2.30. The van der Waals surface area contributed by atoms with Crippen LogP contribution in [0.15, 0.2) is 6.07 Å². The number of nitrogens with two attached hydrogens (primary N) is 2. The van der Waals surface area contributed by atoms with E-state index in [0.29, 0.717) is 17.5 Å². The zero-order valence-corrected chi connectivity index (χ0v) is 9.11. The van der Waals surface area contributed by atoms with Crippen molar-refractivity contribution < 1.29 is 9.72 Å². The maximum atomic E-state index is 11.1. The van der Waals surface area contributed by atoms with Crippen molar-refractivity contribution in [3.8, 4) is 0 Å². The number of carbonyl (C=O) groups excluding carboxylic acids is 1. The van der Waals surface area contributed by atoms with Crippen LogP contribution in [0.2, 0.25) is 0 Å². The Bertz CT molecular complexity index is 431. The number of rotatable bonds is 3. The van der Waals surface area contributed by atoms with Gasteiger partial charge in [0, 0.05) is 17.3 Å². The lowest BCUT2D eigenvalue weighted by Gasteiger charge is -2.11. The summed E-state index contributed by atoms with van der Waals surface area (Å²) in [6.45, 7) is 3.42. The topological polar surface area (TPSA) is 112 Å². The second-order valence-corrected chi connectivity index (χ2v) is 3.44. The van der Waals surface area contributed by atoms with Crippen molar-refractivity contribution in [2.45, 2.75) is 20.3 Å². The average molecular weight is 223 g/mol. The van der Waals surface area contributed by atoms with E-state index in [1.807, 2.05) is 6.92 Å². The van der Waals surface area contributed by atoms with E-state index in [1.54, 1.807) is 6.92 Å². The van der Waals surface area contributed by atoms with Crippen molar-refractivity contribution in [2.75, 3.05) is 5.73 Å². The molecule has 0 saturated carbocycles. The molecule has 0 atom stereocenters. The number of nitrogen functional groups attached to an aromatic ring is 1. The van der Waals surface area contributed by atoms with Crippen LogP contribution in [0, 0.1) is 17.0 Å². The first-order valence-corrected chi connectivity index (χ1v) is 4.76. The van der Waals surface area contributed by atoms with Gasteiger partial charge in [-0.25, -0.2) is 0 Å². The normalized spacial score (nSPS) is 10.1. The van der Waals surface area contributed by atoms with Crippen LogP contribution < -0.4 is 11.5 Å². The third-order valence-electron chi connectivity index (χ3n) is 2.55. The minimum atomic E-state index is -0.754. The molecule has 1 aromatic carbocycles. The van der Waals surface area contributed by atoms with Gasteiger partial charge in [-0.2, -0.15) is 0 Å². The van der Waals surface area contributed by atoms with Gasteiger partial charge in [0.2, 0.25) is 0 Å². The van der Waals surface area contributed by atoms with E-state index in [1.165, 1.54) is 0 Å². The summed E-state index contributed by atoms with van der Waals surface area (Å²) < 4.78 is 0. The maximum absolute atomic E-state index is 11.1. The number of anilines is 1. The molecule has 86 valence electrons. The number of carbonyl (C=O) groups is 1. The largest absolute Gasteiger partial charge is 0.398 e. The van der Waals surface area contributed by atoms with Gasteiger partial charge in [0.15, 0.2) is 0 Å². The molecule has 0 aliphatic carbocycles. The zero-order valence-electron chi connectivity index (χ0n) is 9.11. The molecule has 0 heterocycles. The number of nitrogens with zero attached hydrogens (tertiary/aromatic N) is 1. The summed E-state index contributed by atoms with van der Waals surface area (Å²) in [6, 6.07) is 1.13. The van der Waals surface area contributed by atoms with Gasteiger partial charge in [0.1, 0.15) is 0 Å². The fourth-order valence-corrected chi connectivity index (χ4v) is 1.69.